The number of ether oxygens (including phenoxy) is 1. The molecule has 2 aromatic heterocycles. The van der Waals surface area contributed by atoms with Crippen LogP contribution in [0.2, 0.25) is 0 Å². The molecule has 0 aliphatic carbocycles. The molecular weight excluding hydrogens is 282 g/mol. The van der Waals surface area contributed by atoms with Gasteiger partial charge in [0.2, 0.25) is 5.91 Å². The van der Waals surface area contributed by atoms with Crippen molar-refractivity contribution in [2.75, 3.05) is 13.2 Å². The molecule has 1 aliphatic rings. The van der Waals surface area contributed by atoms with Gasteiger partial charge in [-0.05, 0) is 19.1 Å². The lowest BCUT2D eigenvalue weighted by molar-refractivity contribution is -0.120. The minimum Gasteiger partial charge on any atom is -0.375 e. The molecule has 0 saturated carbocycles. The topological polar surface area (TPSA) is 81.9 Å². The number of rotatable bonds is 4. The number of fused-ring (bicyclic) bond motifs is 1. The number of pyridine rings is 1. The number of aromatic nitrogens is 4. The van der Waals surface area contributed by atoms with Crippen molar-refractivity contribution in [3.05, 3.63) is 41.5 Å². The molecule has 0 fully saturated rings. The van der Waals surface area contributed by atoms with Gasteiger partial charge in [-0.25, -0.2) is 4.68 Å². The molecule has 2 aromatic rings. The standard InChI is InChI=1S/C15H19N5O2/c1-11-14-10-22-9-12(8-20(14)19-18-11)7-17-15(21)6-13-4-2-3-5-16-13/h2-5,12H,6-10H2,1H3,(H,17,21)/t12-/m1/s1. The lowest BCUT2D eigenvalue weighted by Gasteiger charge is -2.14. The first-order valence-electron chi connectivity index (χ1n) is 7.35. The van der Waals surface area contributed by atoms with Crippen LogP contribution in [0.5, 0.6) is 0 Å². The van der Waals surface area contributed by atoms with Crippen molar-refractivity contribution in [2.45, 2.75) is 26.5 Å². The molecule has 0 aromatic carbocycles. The molecule has 0 spiro atoms. The molecule has 1 aliphatic heterocycles. The second kappa shape index (κ2) is 6.65. The van der Waals surface area contributed by atoms with Gasteiger partial charge in [0.15, 0.2) is 0 Å². The maximum atomic E-state index is 12.0. The highest BCUT2D eigenvalue weighted by molar-refractivity contribution is 5.78. The van der Waals surface area contributed by atoms with Gasteiger partial charge in [-0.3, -0.25) is 9.78 Å². The molecule has 1 amide bonds. The molecule has 1 atom stereocenters. The van der Waals surface area contributed by atoms with Crippen molar-refractivity contribution in [1.29, 1.82) is 0 Å². The molecule has 1 N–H and O–H groups in total. The second-order valence-corrected chi connectivity index (χ2v) is 5.49. The summed E-state index contributed by atoms with van der Waals surface area (Å²) < 4.78 is 7.53. The van der Waals surface area contributed by atoms with Gasteiger partial charge in [0.05, 0.1) is 31.0 Å². The monoisotopic (exact) mass is 301 g/mol. The number of carbonyl (C=O) groups excluding carboxylic acids is 1. The van der Waals surface area contributed by atoms with E-state index < -0.39 is 0 Å². The Balaban J connectivity index is 1.52. The fraction of sp³-hybridized carbons (Fsp3) is 0.467. The van der Waals surface area contributed by atoms with Gasteiger partial charge >= 0.3 is 0 Å². The highest BCUT2D eigenvalue weighted by Crippen LogP contribution is 2.14. The van der Waals surface area contributed by atoms with Crippen LogP contribution in [0, 0.1) is 12.8 Å². The molecule has 0 radical (unpaired) electrons. The number of nitrogens with zero attached hydrogens (tertiary/aromatic N) is 4. The van der Waals surface area contributed by atoms with Gasteiger partial charge in [-0.2, -0.15) is 0 Å². The maximum Gasteiger partial charge on any atom is 0.226 e. The van der Waals surface area contributed by atoms with E-state index in [4.69, 9.17) is 4.74 Å². The Bertz CT molecular complexity index is 641. The van der Waals surface area contributed by atoms with Gasteiger partial charge in [0.1, 0.15) is 0 Å². The van der Waals surface area contributed by atoms with E-state index in [1.807, 2.05) is 29.8 Å². The predicted octanol–water partition coefficient (Wildman–Crippen LogP) is 0.487. The second-order valence-electron chi connectivity index (χ2n) is 5.49. The smallest absolute Gasteiger partial charge is 0.226 e. The Morgan fingerprint density at radius 2 is 2.41 bits per heavy atom. The summed E-state index contributed by atoms with van der Waals surface area (Å²) in [7, 11) is 0. The van der Waals surface area contributed by atoms with Crippen LogP contribution in [0.1, 0.15) is 17.1 Å². The molecular formula is C15H19N5O2. The van der Waals surface area contributed by atoms with Crippen LogP contribution in [-0.2, 0) is 29.1 Å². The SMILES string of the molecule is Cc1nnn2c1COC[C@H](CNC(=O)Cc1ccccn1)C2. The number of carbonyl (C=O) groups is 1. The Kier molecular flexibility index (Phi) is 4.43. The van der Waals surface area contributed by atoms with Crippen molar-refractivity contribution in [3.8, 4) is 0 Å². The van der Waals surface area contributed by atoms with Crippen LogP contribution >= 0.6 is 0 Å². The first-order chi connectivity index (χ1) is 10.7. The van der Waals surface area contributed by atoms with Gasteiger partial charge in [0, 0.05) is 30.9 Å². The molecule has 7 nitrogen and oxygen atoms in total. The number of aryl methyl sites for hydroxylation is 1. The molecule has 7 heteroatoms. The van der Waals surface area contributed by atoms with Crippen molar-refractivity contribution >= 4 is 5.91 Å². The fourth-order valence-corrected chi connectivity index (χ4v) is 2.48. The van der Waals surface area contributed by atoms with Crippen LogP contribution in [-0.4, -0.2) is 39.0 Å². The Morgan fingerprint density at radius 1 is 1.50 bits per heavy atom. The largest absolute Gasteiger partial charge is 0.375 e. The fourth-order valence-electron chi connectivity index (χ4n) is 2.48. The van der Waals surface area contributed by atoms with Crippen molar-refractivity contribution in [2.24, 2.45) is 5.92 Å². The van der Waals surface area contributed by atoms with Gasteiger partial charge < -0.3 is 10.1 Å². The van der Waals surface area contributed by atoms with E-state index >= 15 is 0 Å². The average Bonchev–Trinajstić information content (AvgIpc) is 2.74. The van der Waals surface area contributed by atoms with E-state index in [0.29, 0.717) is 32.7 Å². The minimum atomic E-state index is -0.0297. The molecule has 116 valence electrons. The summed E-state index contributed by atoms with van der Waals surface area (Å²) >= 11 is 0. The highest BCUT2D eigenvalue weighted by Gasteiger charge is 2.20. The van der Waals surface area contributed by atoms with Crippen molar-refractivity contribution in [3.63, 3.8) is 0 Å². The van der Waals surface area contributed by atoms with Crippen LogP contribution in [0.4, 0.5) is 0 Å². The number of hydrogen-bond donors (Lipinski definition) is 1. The quantitative estimate of drug-likeness (QED) is 0.888. The zero-order valence-corrected chi connectivity index (χ0v) is 12.5. The van der Waals surface area contributed by atoms with Crippen LogP contribution in [0.25, 0.3) is 0 Å². The summed E-state index contributed by atoms with van der Waals surface area (Å²) in [6.45, 7) is 4.32. The third-order valence-corrected chi connectivity index (χ3v) is 3.71. The normalized spacial score (nSPS) is 17.6. The Morgan fingerprint density at radius 3 is 3.23 bits per heavy atom. The zero-order chi connectivity index (χ0) is 15.4. The summed E-state index contributed by atoms with van der Waals surface area (Å²) in [5.74, 6) is 0.160. The number of nitrogens with one attached hydrogen (secondary N) is 1. The first kappa shape index (κ1) is 14.6. The van der Waals surface area contributed by atoms with Crippen LogP contribution in [0.3, 0.4) is 0 Å². The van der Waals surface area contributed by atoms with E-state index in [-0.39, 0.29) is 11.8 Å². The number of amides is 1. The minimum absolute atomic E-state index is 0.0297. The van der Waals surface area contributed by atoms with E-state index in [0.717, 1.165) is 17.1 Å². The molecule has 0 unspecified atom stereocenters. The predicted molar refractivity (Wildman–Crippen MR) is 78.9 cm³/mol. The molecule has 3 heterocycles. The molecule has 0 bridgehead atoms. The third kappa shape index (κ3) is 3.48. The zero-order valence-electron chi connectivity index (χ0n) is 12.5. The van der Waals surface area contributed by atoms with E-state index in [1.54, 1.807) is 6.20 Å². The average molecular weight is 301 g/mol. The van der Waals surface area contributed by atoms with Gasteiger partial charge in [-0.15, -0.1) is 5.10 Å². The van der Waals surface area contributed by atoms with E-state index in [2.05, 4.69) is 20.6 Å². The molecule has 3 rings (SSSR count). The summed E-state index contributed by atoms with van der Waals surface area (Å²) in [5, 5.41) is 11.1. The lowest BCUT2D eigenvalue weighted by Crippen LogP contribution is -2.34. The van der Waals surface area contributed by atoms with Gasteiger partial charge in [0.25, 0.3) is 0 Å². The summed E-state index contributed by atoms with van der Waals surface area (Å²) in [5.41, 5.74) is 2.69. The van der Waals surface area contributed by atoms with Crippen LogP contribution < -0.4 is 5.32 Å². The maximum absolute atomic E-state index is 12.0. The molecule has 22 heavy (non-hydrogen) atoms. The third-order valence-electron chi connectivity index (χ3n) is 3.71. The summed E-state index contributed by atoms with van der Waals surface area (Å²) in [6, 6.07) is 5.56. The van der Waals surface area contributed by atoms with E-state index in [1.165, 1.54) is 0 Å². The van der Waals surface area contributed by atoms with Crippen molar-refractivity contribution in [1.82, 2.24) is 25.3 Å². The van der Waals surface area contributed by atoms with Crippen LogP contribution in [0.15, 0.2) is 24.4 Å². The summed E-state index contributed by atoms with van der Waals surface area (Å²) in [6.07, 6.45) is 1.98. The summed E-state index contributed by atoms with van der Waals surface area (Å²) in [4.78, 5) is 16.1. The first-order valence-corrected chi connectivity index (χ1v) is 7.35. The van der Waals surface area contributed by atoms with Crippen molar-refractivity contribution < 1.29 is 9.53 Å². The highest BCUT2D eigenvalue weighted by atomic mass is 16.5. The number of hydrogen-bond acceptors (Lipinski definition) is 5. The Labute approximate surface area is 128 Å². The van der Waals surface area contributed by atoms with Gasteiger partial charge in [-0.1, -0.05) is 11.3 Å². The lowest BCUT2D eigenvalue weighted by atomic mass is 10.1. The Hall–Kier alpha value is -2.28. The molecule has 0 saturated heterocycles. The van der Waals surface area contributed by atoms with E-state index in [9.17, 15) is 4.79 Å².